The lowest BCUT2D eigenvalue weighted by atomic mass is 10.0. The van der Waals surface area contributed by atoms with E-state index in [1.807, 2.05) is 0 Å². The first-order valence-corrected chi connectivity index (χ1v) is 7.39. The summed E-state index contributed by atoms with van der Waals surface area (Å²) in [6.45, 7) is 8.36. The minimum atomic E-state index is -1.06. The van der Waals surface area contributed by atoms with E-state index in [-0.39, 0.29) is 16.9 Å². The van der Waals surface area contributed by atoms with Crippen molar-refractivity contribution >= 4 is 23.3 Å². The Morgan fingerprint density at radius 2 is 1.90 bits per heavy atom. The summed E-state index contributed by atoms with van der Waals surface area (Å²) in [7, 11) is 0. The van der Waals surface area contributed by atoms with Gasteiger partial charge < -0.3 is 15.7 Å². The van der Waals surface area contributed by atoms with E-state index < -0.39 is 18.0 Å². The molecule has 1 saturated carbocycles. The molecule has 110 valence electrons. The smallest absolute Gasteiger partial charge is 0.331 e. The highest BCUT2D eigenvalue weighted by atomic mass is 32.1. The van der Waals surface area contributed by atoms with E-state index in [0.29, 0.717) is 4.88 Å². The van der Waals surface area contributed by atoms with Crippen LogP contribution in [0.2, 0.25) is 0 Å². The molecule has 5 nitrogen and oxygen atoms in total. The van der Waals surface area contributed by atoms with Crippen LogP contribution in [0.15, 0.2) is 17.5 Å². The fraction of sp³-hybridized carbons (Fsp3) is 0.571. The summed E-state index contributed by atoms with van der Waals surface area (Å²) in [5.41, 5.74) is 0.0397. The molecule has 0 radical (unpaired) electrons. The molecule has 2 rings (SSSR count). The Hall–Kier alpha value is -1.56. The Morgan fingerprint density at radius 1 is 1.30 bits per heavy atom. The Balaban J connectivity index is 1.99. The van der Waals surface area contributed by atoms with Gasteiger partial charge >= 0.3 is 12.0 Å². The molecule has 1 aliphatic rings. The lowest BCUT2D eigenvalue weighted by Gasteiger charge is -2.14. The third kappa shape index (κ3) is 2.40. The van der Waals surface area contributed by atoms with Crippen LogP contribution < -0.4 is 10.6 Å². The first kappa shape index (κ1) is 14.8. The summed E-state index contributed by atoms with van der Waals surface area (Å²) in [6, 6.07) is 2.08. The van der Waals surface area contributed by atoms with Crippen molar-refractivity contribution in [3.8, 4) is 0 Å². The summed E-state index contributed by atoms with van der Waals surface area (Å²) in [5.74, 6) is -1.06. The molecule has 0 bridgehead atoms. The number of carboxylic acid groups (broad SMARTS) is 1. The van der Waals surface area contributed by atoms with Gasteiger partial charge in [0.15, 0.2) is 6.04 Å². The maximum Gasteiger partial charge on any atom is 0.331 e. The summed E-state index contributed by atoms with van der Waals surface area (Å²) in [6.07, 6.45) is 0. The average Bonchev–Trinajstić information content (AvgIpc) is 2.79. The Bertz CT molecular complexity index is 509. The molecule has 1 fully saturated rings. The van der Waals surface area contributed by atoms with Crippen LogP contribution >= 0.6 is 11.3 Å². The minimum absolute atomic E-state index is 0.0198. The van der Waals surface area contributed by atoms with Crippen molar-refractivity contribution in [3.63, 3.8) is 0 Å². The highest BCUT2D eigenvalue weighted by Crippen LogP contribution is 2.62. The van der Waals surface area contributed by atoms with E-state index in [1.165, 1.54) is 11.3 Å². The number of hydrogen-bond donors (Lipinski definition) is 3. The Kier molecular flexibility index (Phi) is 3.54. The van der Waals surface area contributed by atoms with Crippen molar-refractivity contribution in [2.75, 3.05) is 0 Å². The molecule has 6 heteroatoms. The number of aliphatic carboxylic acids is 1. The van der Waals surface area contributed by atoms with Crippen LogP contribution in [0.1, 0.15) is 38.6 Å². The van der Waals surface area contributed by atoms with Crippen molar-refractivity contribution in [2.45, 2.75) is 39.8 Å². The van der Waals surface area contributed by atoms with Gasteiger partial charge in [-0.15, -0.1) is 11.3 Å². The summed E-state index contributed by atoms with van der Waals surface area (Å²) >= 11 is 1.31. The quantitative estimate of drug-likeness (QED) is 0.799. The predicted octanol–water partition coefficient (Wildman–Crippen LogP) is 2.61. The lowest BCUT2D eigenvalue weighted by molar-refractivity contribution is -0.139. The molecule has 1 heterocycles. The topological polar surface area (TPSA) is 78.4 Å². The first-order valence-electron chi connectivity index (χ1n) is 6.51. The van der Waals surface area contributed by atoms with Gasteiger partial charge in [-0.1, -0.05) is 33.8 Å². The van der Waals surface area contributed by atoms with Crippen molar-refractivity contribution in [1.29, 1.82) is 0 Å². The van der Waals surface area contributed by atoms with Crippen LogP contribution in [-0.2, 0) is 4.79 Å². The van der Waals surface area contributed by atoms with Crippen LogP contribution in [0.4, 0.5) is 4.79 Å². The third-order valence-corrected chi connectivity index (χ3v) is 5.58. The van der Waals surface area contributed by atoms with Crippen LogP contribution in [0.25, 0.3) is 0 Å². The van der Waals surface area contributed by atoms with Gasteiger partial charge in [0.05, 0.1) is 0 Å². The molecule has 2 amide bonds. The highest BCUT2D eigenvalue weighted by Gasteiger charge is 2.65. The summed E-state index contributed by atoms with van der Waals surface area (Å²) in [4.78, 5) is 23.9. The Labute approximate surface area is 122 Å². The number of hydrogen-bond acceptors (Lipinski definition) is 3. The normalized spacial score (nSPS) is 21.0. The van der Waals surface area contributed by atoms with Gasteiger partial charge in [0.25, 0.3) is 0 Å². The largest absolute Gasteiger partial charge is 0.479 e. The second kappa shape index (κ2) is 4.77. The van der Waals surface area contributed by atoms with Gasteiger partial charge in [0, 0.05) is 10.9 Å². The maximum atomic E-state index is 12.0. The second-order valence-electron chi connectivity index (χ2n) is 6.28. The minimum Gasteiger partial charge on any atom is -0.479 e. The zero-order valence-electron chi connectivity index (χ0n) is 12.1. The molecule has 0 saturated heterocycles. The van der Waals surface area contributed by atoms with Crippen LogP contribution in [0.3, 0.4) is 0 Å². The van der Waals surface area contributed by atoms with E-state index in [9.17, 15) is 14.7 Å². The standard InChI is InChI=1S/C14H20N2O3S/c1-13(2)11(14(13,3)4)16-12(19)15-9(10(17)18)8-6-5-7-20-8/h5-7,9,11H,1-4H3,(H,17,18)(H2,15,16,19). The molecule has 1 aromatic rings. The van der Waals surface area contributed by atoms with Crippen LogP contribution in [0, 0.1) is 10.8 Å². The monoisotopic (exact) mass is 296 g/mol. The van der Waals surface area contributed by atoms with Gasteiger partial charge in [-0.05, 0) is 22.3 Å². The number of carbonyl (C=O) groups excluding carboxylic acids is 1. The molecule has 0 spiro atoms. The van der Waals surface area contributed by atoms with Gasteiger partial charge in [-0.3, -0.25) is 0 Å². The van der Waals surface area contributed by atoms with E-state index in [4.69, 9.17) is 0 Å². The van der Waals surface area contributed by atoms with Gasteiger partial charge in [0.2, 0.25) is 0 Å². The maximum absolute atomic E-state index is 12.0. The summed E-state index contributed by atoms with van der Waals surface area (Å²) < 4.78 is 0. The van der Waals surface area contributed by atoms with Gasteiger partial charge in [-0.2, -0.15) is 0 Å². The van der Waals surface area contributed by atoms with Gasteiger partial charge in [-0.25, -0.2) is 9.59 Å². The second-order valence-corrected chi connectivity index (χ2v) is 7.26. The third-order valence-electron chi connectivity index (χ3n) is 4.65. The van der Waals surface area contributed by atoms with Gasteiger partial charge in [0.1, 0.15) is 0 Å². The van der Waals surface area contributed by atoms with E-state index in [2.05, 4.69) is 38.3 Å². The molecule has 1 atom stereocenters. The zero-order valence-corrected chi connectivity index (χ0v) is 12.9. The van der Waals surface area contributed by atoms with E-state index >= 15 is 0 Å². The highest BCUT2D eigenvalue weighted by molar-refractivity contribution is 7.10. The van der Waals surface area contributed by atoms with Crippen molar-refractivity contribution in [2.24, 2.45) is 10.8 Å². The van der Waals surface area contributed by atoms with Crippen molar-refractivity contribution in [1.82, 2.24) is 10.6 Å². The van der Waals surface area contributed by atoms with E-state index in [0.717, 1.165) is 0 Å². The average molecular weight is 296 g/mol. The fourth-order valence-corrected chi connectivity index (χ4v) is 3.34. The lowest BCUT2D eigenvalue weighted by Crippen LogP contribution is -2.43. The molecule has 1 aromatic heterocycles. The van der Waals surface area contributed by atoms with Crippen LogP contribution in [-0.4, -0.2) is 23.1 Å². The number of rotatable bonds is 4. The number of thiophene rings is 1. The SMILES string of the molecule is CC1(C)C(NC(=O)NC(C(=O)O)c2cccs2)C1(C)C. The van der Waals surface area contributed by atoms with Crippen molar-refractivity contribution < 1.29 is 14.7 Å². The number of amides is 2. The zero-order chi connectivity index (χ0) is 15.1. The number of urea groups is 1. The molecule has 1 unspecified atom stereocenters. The van der Waals surface area contributed by atoms with Crippen molar-refractivity contribution in [3.05, 3.63) is 22.4 Å². The molecule has 3 N–H and O–H groups in total. The number of carboxylic acids is 1. The van der Waals surface area contributed by atoms with Crippen LogP contribution in [0.5, 0.6) is 0 Å². The molecule has 1 aliphatic carbocycles. The molecule has 20 heavy (non-hydrogen) atoms. The first-order chi connectivity index (χ1) is 9.18. The molecule has 0 aliphatic heterocycles. The molecular formula is C14H20N2O3S. The number of carbonyl (C=O) groups is 2. The Morgan fingerprint density at radius 3 is 2.30 bits per heavy atom. The predicted molar refractivity (Wildman–Crippen MR) is 77.7 cm³/mol. The summed E-state index contributed by atoms with van der Waals surface area (Å²) in [5, 5.41) is 16.4. The van der Waals surface area contributed by atoms with E-state index in [1.54, 1.807) is 17.5 Å². The fourth-order valence-electron chi connectivity index (χ4n) is 2.57. The number of nitrogens with one attached hydrogen (secondary N) is 2. The molecular weight excluding hydrogens is 276 g/mol. The molecule has 0 aromatic carbocycles.